The molecule has 1 saturated heterocycles. The molecule has 3 heteroatoms. The number of rotatable bonds is 0. The van der Waals surface area contributed by atoms with Gasteiger partial charge in [0.05, 0.1) is 0 Å². The minimum absolute atomic E-state index is 0.588. The summed E-state index contributed by atoms with van der Waals surface area (Å²) in [5, 5.41) is 0. The molecular weight excluding hydrogens is 155 g/mol. The zero-order chi connectivity index (χ0) is 9.56. The second-order valence-corrected chi connectivity index (χ2v) is 3.12. The van der Waals surface area contributed by atoms with Gasteiger partial charge in [-0.1, -0.05) is 13.8 Å². The highest BCUT2D eigenvalue weighted by Crippen LogP contribution is 2.02. The van der Waals surface area contributed by atoms with Crippen molar-refractivity contribution in [2.75, 3.05) is 40.3 Å². The smallest absolute Gasteiger partial charge is 0.125 e. The van der Waals surface area contributed by atoms with Crippen molar-refractivity contribution < 1.29 is 4.39 Å². The summed E-state index contributed by atoms with van der Waals surface area (Å²) in [5.74, 6) is 0. The molecule has 1 aliphatic rings. The molecular formula is C9H21FN2. The Labute approximate surface area is 75.3 Å². The number of hydrogen-bond acceptors (Lipinski definition) is 2. The maximum absolute atomic E-state index is 12.9. The van der Waals surface area contributed by atoms with E-state index in [0.29, 0.717) is 13.1 Å². The minimum Gasteiger partial charge on any atom is -0.302 e. The van der Waals surface area contributed by atoms with Crippen LogP contribution < -0.4 is 0 Å². The summed E-state index contributed by atoms with van der Waals surface area (Å²) in [6.45, 7) is 7.14. The van der Waals surface area contributed by atoms with E-state index in [-0.39, 0.29) is 0 Å². The SMILES string of the molecule is CC.CN1CCN(C)CC(F)C1. The average Bonchev–Trinajstić information content (AvgIpc) is 2.16. The predicted octanol–water partition coefficient (Wildman–Crippen LogP) is 1.23. The van der Waals surface area contributed by atoms with E-state index in [1.54, 1.807) is 0 Å². The molecule has 0 aliphatic carbocycles. The van der Waals surface area contributed by atoms with Gasteiger partial charge in [0.15, 0.2) is 0 Å². The lowest BCUT2D eigenvalue weighted by atomic mass is 10.3. The average molecular weight is 176 g/mol. The summed E-state index contributed by atoms with van der Waals surface area (Å²) in [5.41, 5.74) is 0. The van der Waals surface area contributed by atoms with Crippen LogP contribution >= 0.6 is 0 Å². The fraction of sp³-hybridized carbons (Fsp3) is 1.00. The van der Waals surface area contributed by atoms with Crippen LogP contribution in [0.1, 0.15) is 13.8 Å². The van der Waals surface area contributed by atoms with Crippen molar-refractivity contribution in [3.05, 3.63) is 0 Å². The van der Waals surface area contributed by atoms with Gasteiger partial charge in [0.2, 0.25) is 0 Å². The summed E-state index contributed by atoms with van der Waals surface area (Å²) in [4.78, 5) is 4.07. The van der Waals surface area contributed by atoms with Crippen LogP contribution in [0.5, 0.6) is 0 Å². The zero-order valence-electron chi connectivity index (χ0n) is 8.68. The molecule has 0 radical (unpaired) electrons. The highest BCUT2D eigenvalue weighted by atomic mass is 19.1. The highest BCUT2D eigenvalue weighted by molar-refractivity contribution is 4.71. The molecule has 2 nitrogen and oxygen atoms in total. The number of nitrogens with zero attached hydrogens (tertiary/aromatic N) is 2. The van der Waals surface area contributed by atoms with E-state index in [1.807, 2.05) is 37.7 Å². The van der Waals surface area contributed by atoms with Gasteiger partial charge in [-0.3, -0.25) is 0 Å². The molecule has 0 amide bonds. The van der Waals surface area contributed by atoms with E-state index in [0.717, 1.165) is 13.1 Å². The molecule has 74 valence electrons. The van der Waals surface area contributed by atoms with Gasteiger partial charge in [-0.15, -0.1) is 0 Å². The Kier molecular flexibility index (Phi) is 6.30. The normalized spacial score (nSPS) is 22.8. The van der Waals surface area contributed by atoms with Gasteiger partial charge in [-0.2, -0.15) is 0 Å². The lowest BCUT2D eigenvalue weighted by Gasteiger charge is -2.12. The predicted molar refractivity (Wildman–Crippen MR) is 51.2 cm³/mol. The molecule has 0 spiro atoms. The molecule has 0 unspecified atom stereocenters. The molecule has 1 heterocycles. The summed E-state index contributed by atoms with van der Waals surface area (Å²) in [6.07, 6.45) is -0.669. The van der Waals surface area contributed by atoms with Crippen LogP contribution in [0.4, 0.5) is 4.39 Å². The summed E-state index contributed by atoms with van der Waals surface area (Å²) in [6, 6.07) is 0. The number of hydrogen-bond donors (Lipinski definition) is 0. The molecule has 0 aromatic heterocycles. The van der Waals surface area contributed by atoms with E-state index in [4.69, 9.17) is 0 Å². The Bertz CT molecular complexity index is 96.7. The topological polar surface area (TPSA) is 6.48 Å². The van der Waals surface area contributed by atoms with Crippen molar-refractivity contribution in [2.24, 2.45) is 0 Å². The van der Waals surface area contributed by atoms with Gasteiger partial charge in [-0.05, 0) is 14.1 Å². The second-order valence-electron chi connectivity index (χ2n) is 3.12. The Morgan fingerprint density at radius 3 is 1.67 bits per heavy atom. The number of alkyl halides is 1. The van der Waals surface area contributed by atoms with Gasteiger partial charge < -0.3 is 9.80 Å². The lowest BCUT2D eigenvalue weighted by molar-refractivity contribution is 0.227. The van der Waals surface area contributed by atoms with Crippen LogP contribution in [0.3, 0.4) is 0 Å². The maximum atomic E-state index is 12.9. The number of halogens is 1. The van der Waals surface area contributed by atoms with Crippen LogP contribution in [0.25, 0.3) is 0 Å². The Morgan fingerprint density at radius 1 is 1.00 bits per heavy atom. The third kappa shape index (κ3) is 4.67. The van der Waals surface area contributed by atoms with E-state index >= 15 is 0 Å². The van der Waals surface area contributed by atoms with Gasteiger partial charge >= 0.3 is 0 Å². The van der Waals surface area contributed by atoms with Crippen LogP contribution in [0.15, 0.2) is 0 Å². The minimum atomic E-state index is -0.669. The lowest BCUT2D eigenvalue weighted by Crippen LogP contribution is -2.27. The summed E-state index contributed by atoms with van der Waals surface area (Å²) in [7, 11) is 3.93. The van der Waals surface area contributed by atoms with Crippen LogP contribution in [0, 0.1) is 0 Å². The zero-order valence-corrected chi connectivity index (χ0v) is 8.68. The van der Waals surface area contributed by atoms with E-state index in [2.05, 4.69) is 0 Å². The van der Waals surface area contributed by atoms with Crippen molar-refractivity contribution in [1.82, 2.24) is 9.80 Å². The third-order valence-electron chi connectivity index (χ3n) is 1.88. The summed E-state index contributed by atoms with van der Waals surface area (Å²) >= 11 is 0. The van der Waals surface area contributed by atoms with Gasteiger partial charge in [0.1, 0.15) is 6.17 Å². The molecule has 1 fully saturated rings. The molecule has 0 atom stereocenters. The van der Waals surface area contributed by atoms with Gasteiger partial charge in [0.25, 0.3) is 0 Å². The van der Waals surface area contributed by atoms with Crippen molar-refractivity contribution in [2.45, 2.75) is 20.0 Å². The Balaban J connectivity index is 0.000000561. The standard InChI is InChI=1S/C7H15FN2.C2H6/c1-9-3-4-10(2)6-7(8)5-9;1-2/h7H,3-6H2,1-2H3;1-2H3. The van der Waals surface area contributed by atoms with E-state index in [9.17, 15) is 4.39 Å². The van der Waals surface area contributed by atoms with Crippen molar-refractivity contribution in [3.8, 4) is 0 Å². The molecule has 0 N–H and O–H groups in total. The van der Waals surface area contributed by atoms with Crippen LogP contribution in [-0.2, 0) is 0 Å². The first-order chi connectivity index (χ1) is 5.68. The molecule has 0 aromatic rings. The fourth-order valence-electron chi connectivity index (χ4n) is 1.26. The van der Waals surface area contributed by atoms with Crippen LogP contribution in [-0.4, -0.2) is 56.2 Å². The van der Waals surface area contributed by atoms with Gasteiger partial charge in [0, 0.05) is 26.2 Å². The van der Waals surface area contributed by atoms with Crippen molar-refractivity contribution in [1.29, 1.82) is 0 Å². The molecule has 1 aliphatic heterocycles. The van der Waals surface area contributed by atoms with E-state index < -0.39 is 6.17 Å². The largest absolute Gasteiger partial charge is 0.302 e. The second kappa shape index (κ2) is 6.38. The molecule has 0 saturated carbocycles. The maximum Gasteiger partial charge on any atom is 0.125 e. The number of likely N-dealkylation sites (N-methyl/N-ethyl adjacent to an activating group) is 2. The first-order valence-electron chi connectivity index (χ1n) is 4.69. The first kappa shape index (κ1) is 11.8. The molecule has 0 aromatic carbocycles. The van der Waals surface area contributed by atoms with Crippen LogP contribution in [0.2, 0.25) is 0 Å². The third-order valence-corrected chi connectivity index (χ3v) is 1.88. The monoisotopic (exact) mass is 176 g/mol. The van der Waals surface area contributed by atoms with Crippen molar-refractivity contribution >= 4 is 0 Å². The molecule has 12 heavy (non-hydrogen) atoms. The van der Waals surface area contributed by atoms with Crippen molar-refractivity contribution in [3.63, 3.8) is 0 Å². The summed E-state index contributed by atoms with van der Waals surface area (Å²) < 4.78 is 12.9. The molecule has 0 bridgehead atoms. The molecule has 1 rings (SSSR count). The first-order valence-corrected chi connectivity index (χ1v) is 4.69. The Morgan fingerprint density at radius 2 is 1.33 bits per heavy atom. The Hall–Kier alpha value is -0.150. The fourth-order valence-corrected chi connectivity index (χ4v) is 1.26. The van der Waals surface area contributed by atoms with E-state index in [1.165, 1.54) is 0 Å². The highest BCUT2D eigenvalue weighted by Gasteiger charge is 2.16. The van der Waals surface area contributed by atoms with Gasteiger partial charge in [-0.25, -0.2) is 4.39 Å². The quantitative estimate of drug-likeness (QED) is 0.547.